The van der Waals surface area contributed by atoms with E-state index in [2.05, 4.69) is 9.98 Å². The Hall–Kier alpha value is -3.64. The summed E-state index contributed by atoms with van der Waals surface area (Å²) in [5.41, 5.74) is 1.52. The number of rotatable bonds is 4. The Morgan fingerprint density at radius 1 is 1.00 bits per heavy atom. The number of phenols is 1. The molecule has 0 unspecified atom stereocenters. The summed E-state index contributed by atoms with van der Waals surface area (Å²) in [4.78, 5) is 20.5. The van der Waals surface area contributed by atoms with Gasteiger partial charge in [0.05, 0.1) is 0 Å². The number of esters is 1. The maximum Gasteiger partial charge on any atom is 0.363 e. The predicted molar refractivity (Wildman–Crippen MR) is 104 cm³/mol. The van der Waals surface area contributed by atoms with Crippen molar-refractivity contribution in [3.8, 4) is 17.4 Å². The Labute approximate surface area is 165 Å². The number of aromatic nitrogens is 1. The lowest BCUT2D eigenvalue weighted by molar-refractivity contribution is -0.129. The molecule has 1 aliphatic heterocycles. The van der Waals surface area contributed by atoms with Crippen molar-refractivity contribution in [1.82, 2.24) is 4.98 Å². The number of hydrogen-bond donors (Lipinski definition) is 1. The number of pyridine rings is 1. The van der Waals surface area contributed by atoms with Crippen molar-refractivity contribution < 1.29 is 19.4 Å². The van der Waals surface area contributed by atoms with Gasteiger partial charge in [-0.1, -0.05) is 11.6 Å². The van der Waals surface area contributed by atoms with E-state index in [4.69, 9.17) is 21.1 Å². The number of carbonyl (C=O) groups excluding carboxylic acids is 1. The summed E-state index contributed by atoms with van der Waals surface area (Å²) in [6.45, 7) is 0. The molecule has 1 aromatic heterocycles. The lowest BCUT2D eigenvalue weighted by Crippen LogP contribution is -2.05. The third kappa shape index (κ3) is 4.02. The van der Waals surface area contributed by atoms with Gasteiger partial charge < -0.3 is 14.6 Å². The highest BCUT2D eigenvalue weighted by molar-refractivity contribution is 6.30. The van der Waals surface area contributed by atoms with Crippen LogP contribution in [0, 0.1) is 0 Å². The van der Waals surface area contributed by atoms with Crippen molar-refractivity contribution >= 4 is 29.5 Å². The first kappa shape index (κ1) is 17.8. The Morgan fingerprint density at radius 2 is 1.75 bits per heavy atom. The molecule has 1 N–H and O–H groups in total. The first-order valence-corrected chi connectivity index (χ1v) is 8.66. The van der Waals surface area contributed by atoms with E-state index in [0.29, 0.717) is 27.8 Å². The molecule has 0 fully saturated rings. The summed E-state index contributed by atoms with van der Waals surface area (Å²) >= 11 is 5.87. The molecule has 0 aliphatic carbocycles. The first-order chi connectivity index (χ1) is 13.6. The van der Waals surface area contributed by atoms with Crippen molar-refractivity contribution in [1.29, 1.82) is 0 Å². The van der Waals surface area contributed by atoms with Crippen LogP contribution in [0.2, 0.25) is 5.02 Å². The molecule has 6 nitrogen and oxygen atoms in total. The molecule has 0 amide bonds. The second kappa shape index (κ2) is 7.54. The zero-order chi connectivity index (χ0) is 19.5. The second-order valence-corrected chi connectivity index (χ2v) is 6.31. The smallest absolute Gasteiger partial charge is 0.363 e. The van der Waals surface area contributed by atoms with Crippen LogP contribution in [-0.2, 0) is 9.53 Å². The van der Waals surface area contributed by atoms with E-state index in [0.717, 1.165) is 0 Å². The van der Waals surface area contributed by atoms with Crippen LogP contribution in [0.15, 0.2) is 77.5 Å². The topological polar surface area (TPSA) is 81.0 Å². The van der Waals surface area contributed by atoms with Gasteiger partial charge >= 0.3 is 5.97 Å². The third-order valence-electron chi connectivity index (χ3n) is 3.83. The van der Waals surface area contributed by atoms with Gasteiger partial charge in [-0.05, 0) is 66.2 Å². The van der Waals surface area contributed by atoms with Gasteiger partial charge in [-0.2, -0.15) is 0 Å². The molecular weight excluding hydrogens is 380 g/mol. The van der Waals surface area contributed by atoms with E-state index in [1.165, 1.54) is 12.1 Å². The van der Waals surface area contributed by atoms with Gasteiger partial charge in [0.2, 0.25) is 11.8 Å². The summed E-state index contributed by atoms with van der Waals surface area (Å²) in [5.74, 6) is 0.784. The number of ether oxygens (including phenoxy) is 2. The van der Waals surface area contributed by atoms with Gasteiger partial charge in [0.1, 0.15) is 11.5 Å². The number of carbonyl (C=O) groups is 1. The lowest BCUT2D eigenvalue weighted by Gasteiger charge is -2.04. The number of cyclic esters (lactones) is 1. The van der Waals surface area contributed by atoms with E-state index in [-0.39, 0.29) is 17.3 Å². The number of hydrogen-bond acceptors (Lipinski definition) is 6. The highest BCUT2D eigenvalue weighted by Crippen LogP contribution is 2.23. The molecule has 0 saturated heterocycles. The molecule has 2 aromatic carbocycles. The SMILES string of the molecule is O=C1OC(c2ccc(Cl)cc2)=NC1=Cc1ccc(Oc2ccc(O)cc2)nc1. The molecule has 0 saturated carbocycles. The van der Waals surface area contributed by atoms with Crippen molar-refractivity contribution in [3.05, 3.63) is 88.7 Å². The van der Waals surface area contributed by atoms with E-state index in [9.17, 15) is 9.90 Å². The zero-order valence-corrected chi connectivity index (χ0v) is 15.1. The lowest BCUT2D eigenvalue weighted by atomic mass is 10.2. The van der Waals surface area contributed by atoms with Crippen LogP contribution in [0.3, 0.4) is 0 Å². The van der Waals surface area contributed by atoms with Crippen LogP contribution in [-0.4, -0.2) is 22.0 Å². The van der Waals surface area contributed by atoms with Crippen LogP contribution in [0.4, 0.5) is 0 Å². The molecule has 7 heteroatoms. The van der Waals surface area contributed by atoms with Gasteiger partial charge in [0, 0.05) is 22.8 Å². The highest BCUT2D eigenvalue weighted by Gasteiger charge is 2.24. The summed E-state index contributed by atoms with van der Waals surface area (Å²) in [5, 5.41) is 9.88. The van der Waals surface area contributed by atoms with Crippen LogP contribution in [0.5, 0.6) is 17.4 Å². The minimum atomic E-state index is -0.533. The molecule has 4 rings (SSSR count). The van der Waals surface area contributed by atoms with Crippen LogP contribution < -0.4 is 4.74 Å². The van der Waals surface area contributed by atoms with Crippen LogP contribution in [0.1, 0.15) is 11.1 Å². The Morgan fingerprint density at radius 3 is 2.43 bits per heavy atom. The molecule has 28 heavy (non-hydrogen) atoms. The quantitative estimate of drug-likeness (QED) is 0.519. The predicted octanol–water partition coefficient (Wildman–Crippen LogP) is 4.58. The molecule has 0 bridgehead atoms. The Bertz CT molecular complexity index is 1070. The second-order valence-electron chi connectivity index (χ2n) is 5.87. The number of aliphatic imine (C=N–C) groups is 1. The van der Waals surface area contributed by atoms with Crippen molar-refractivity contribution in [2.75, 3.05) is 0 Å². The molecule has 0 radical (unpaired) electrons. The molecular formula is C21H13ClN2O4. The maximum absolute atomic E-state index is 12.1. The number of phenolic OH excluding ortho intramolecular Hbond substituents is 1. The minimum absolute atomic E-state index is 0.157. The number of aromatic hydroxyl groups is 1. The summed E-state index contributed by atoms with van der Waals surface area (Å²) in [7, 11) is 0. The summed E-state index contributed by atoms with van der Waals surface area (Å²) in [6.07, 6.45) is 3.15. The van der Waals surface area contributed by atoms with Gasteiger partial charge in [-0.15, -0.1) is 0 Å². The van der Waals surface area contributed by atoms with Crippen molar-refractivity contribution in [2.24, 2.45) is 4.99 Å². The van der Waals surface area contributed by atoms with Crippen LogP contribution >= 0.6 is 11.6 Å². The first-order valence-electron chi connectivity index (χ1n) is 8.28. The average Bonchev–Trinajstić information content (AvgIpc) is 3.06. The van der Waals surface area contributed by atoms with Gasteiger partial charge in [0.25, 0.3) is 0 Å². The summed E-state index contributed by atoms with van der Waals surface area (Å²) < 4.78 is 10.8. The van der Waals surface area contributed by atoms with E-state index < -0.39 is 5.97 Å². The van der Waals surface area contributed by atoms with Gasteiger partial charge in [-0.3, -0.25) is 0 Å². The standard InChI is InChI=1S/C21H13ClN2O4/c22-15-4-2-14(3-5-15)20-24-18(21(26)28-20)11-13-1-10-19(23-12-13)27-17-8-6-16(25)7-9-17/h1-12,25H. The molecule has 3 aromatic rings. The molecule has 0 spiro atoms. The van der Waals surface area contributed by atoms with E-state index >= 15 is 0 Å². The van der Waals surface area contributed by atoms with E-state index in [1.54, 1.807) is 60.8 Å². The zero-order valence-electron chi connectivity index (χ0n) is 14.4. The largest absolute Gasteiger partial charge is 0.508 e. The van der Waals surface area contributed by atoms with Gasteiger partial charge in [-0.25, -0.2) is 14.8 Å². The number of benzene rings is 2. The van der Waals surface area contributed by atoms with Crippen molar-refractivity contribution in [3.63, 3.8) is 0 Å². The molecule has 2 heterocycles. The van der Waals surface area contributed by atoms with Crippen molar-refractivity contribution in [2.45, 2.75) is 0 Å². The Balaban J connectivity index is 1.51. The fourth-order valence-corrected chi connectivity index (χ4v) is 2.58. The maximum atomic E-state index is 12.1. The molecule has 0 atom stereocenters. The third-order valence-corrected chi connectivity index (χ3v) is 4.09. The molecule has 1 aliphatic rings. The van der Waals surface area contributed by atoms with Gasteiger partial charge in [0.15, 0.2) is 5.70 Å². The molecule has 138 valence electrons. The minimum Gasteiger partial charge on any atom is -0.508 e. The normalized spacial score (nSPS) is 14.7. The number of nitrogens with zero attached hydrogens (tertiary/aromatic N) is 2. The fourth-order valence-electron chi connectivity index (χ4n) is 2.46. The fraction of sp³-hybridized carbons (Fsp3) is 0. The number of halogens is 1. The average molecular weight is 393 g/mol. The Kier molecular flexibility index (Phi) is 4.78. The monoisotopic (exact) mass is 392 g/mol. The van der Waals surface area contributed by atoms with E-state index in [1.807, 2.05) is 0 Å². The highest BCUT2D eigenvalue weighted by atomic mass is 35.5. The summed E-state index contributed by atoms with van der Waals surface area (Å²) in [6, 6.07) is 16.6. The van der Waals surface area contributed by atoms with Crippen LogP contribution in [0.25, 0.3) is 6.08 Å².